The fraction of sp³-hybridized carbons (Fsp3) is 0.182. The van der Waals surface area contributed by atoms with E-state index in [2.05, 4.69) is 14.8 Å². The molecule has 0 spiro atoms. The molecule has 0 unspecified atom stereocenters. The van der Waals surface area contributed by atoms with Crippen LogP contribution in [0.25, 0.3) is 16.5 Å². The normalized spacial score (nSPS) is 10.4. The molecule has 0 radical (unpaired) electrons. The third-order valence-electron chi connectivity index (χ3n) is 1.98. The molecular formula is C11H11N3O3. The highest BCUT2D eigenvalue weighted by molar-refractivity contribution is 5.93. The topological polar surface area (TPSA) is 84.3 Å². The Balaban J connectivity index is 3.21. The molecule has 0 atom stereocenters. The third kappa shape index (κ3) is 3.25. The third-order valence-corrected chi connectivity index (χ3v) is 1.98. The highest BCUT2D eigenvalue weighted by Gasteiger charge is 2.08. The van der Waals surface area contributed by atoms with Gasteiger partial charge >= 0.3 is 5.97 Å². The van der Waals surface area contributed by atoms with Crippen LogP contribution in [-0.2, 0) is 9.53 Å². The summed E-state index contributed by atoms with van der Waals surface area (Å²) in [5.41, 5.74) is 8.87. The summed E-state index contributed by atoms with van der Waals surface area (Å²) in [6.45, 7) is 0. The molecule has 0 amide bonds. The number of benzene rings is 1. The summed E-state index contributed by atoms with van der Waals surface area (Å²) >= 11 is 0. The van der Waals surface area contributed by atoms with E-state index >= 15 is 0 Å². The molecule has 17 heavy (non-hydrogen) atoms. The van der Waals surface area contributed by atoms with Gasteiger partial charge < -0.3 is 9.47 Å². The Morgan fingerprint density at radius 1 is 1.41 bits per heavy atom. The molecule has 0 saturated heterocycles. The molecule has 0 aromatic heterocycles. The molecule has 0 saturated carbocycles. The lowest BCUT2D eigenvalue weighted by molar-refractivity contribution is -0.136. The molecule has 0 aliphatic rings. The minimum Gasteiger partial charge on any atom is -0.496 e. The predicted octanol–water partition coefficient (Wildman–Crippen LogP) is 2.52. The van der Waals surface area contributed by atoms with Gasteiger partial charge in [-0.05, 0) is 17.7 Å². The van der Waals surface area contributed by atoms with Crippen LogP contribution in [0.1, 0.15) is 5.56 Å². The van der Waals surface area contributed by atoms with E-state index in [1.165, 1.54) is 20.3 Å². The second-order valence-corrected chi connectivity index (χ2v) is 2.95. The summed E-state index contributed by atoms with van der Waals surface area (Å²) in [5, 5.41) is 3.28. The summed E-state index contributed by atoms with van der Waals surface area (Å²) < 4.78 is 9.60. The van der Waals surface area contributed by atoms with Crippen LogP contribution < -0.4 is 4.74 Å². The van der Waals surface area contributed by atoms with Gasteiger partial charge in [-0.25, -0.2) is 4.79 Å². The van der Waals surface area contributed by atoms with Crippen molar-refractivity contribution in [3.05, 3.63) is 46.0 Å². The number of carbonyl (C=O) groups excluding carboxylic acids is 1. The molecule has 0 heterocycles. The molecule has 6 nitrogen and oxygen atoms in total. The van der Waals surface area contributed by atoms with Crippen molar-refractivity contribution in [3.63, 3.8) is 0 Å². The highest BCUT2D eigenvalue weighted by atomic mass is 16.5. The summed E-state index contributed by atoms with van der Waals surface area (Å²) in [5.74, 6) is -0.129. The van der Waals surface area contributed by atoms with Gasteiger partial charge in [-0.2, -0.15) is 0 Å². The lowest BCUT2D eigenvalue weighted by Gasteiger charge is -2.04. The van der Waals surface area contributed by atoms with Gasteiger partial charge in [-0.3, -0.25) is 0 Å². The number of methoxy groups -OCH3 is 2. The van der Waals surface area contributed by atoms with Crippen molar-refractivity contribution >= 4 is 12.0 Å². The number of hydrogen-bond donors (Lipinski definition) is 0. The van der Waals surface area contributed by atoms with E-state index in [1.807, 2.05) is 0 Å². The average Bonchev–Trinajstić information content (AvgIpc) is 2.38. The standard InChI is InChI=1S/C11H11N3O3/c1-16-10-6-4-3-5-8(10)7-9(13-14-12)11(15)17-2/h3-7H,1-2H3. The average molecular weight is 233 g/mol. The smallest absolute Gasteiger partial charge is 0.340 e. The molecule has 88 valence electrons. The van der Waals surface area contributed by atoms with E-state index in [4.69, 9.17) is 10.3 Å². The van der Waals surface area contributed by atoms with Gasteiger partial charge in [0, 0.05) is 10.5 Å². The van der Waals surface area contributed by atoms with Crippen molar-refractivity contribution in [2.45, 2.75) is 0 Å². The maximum atomic E-state index is 11.3. The maximum Gasteiger partial charge on any atom is 0.340 e. The van der Waals surface area contributed by atoms with Crippen LogP contribution in [0, 0.1) is 0 Å². The lowest BCUT2D eigenvalue weighted by Crippen LogP contribution is -2.02. The quantitative estimate of drug-likeness (QED) is 0.263. The Kier molecular flexibility index (Phi) is 4.59. The Morgan fingerprint density at radius 2 is 2.12 bits per heavy atom. The van der Waals surface area contributed by atoms with Crippen LogP contribution in [-0.4, -0.2) is 20.2 Å². The van der Waals surface area contributed by atoms with Crippen LogP contribution >= 0.6 is 0 Å². The Morgan fingerprint density at radius 3 is 2.71 bits per heavy atom. The number of carbonyl (C=O) groups is 1. The van der Waals surface area contributed by atoms with E-state index in [0.717, 1.165) is 0 Å². The van der Waals surface area contributed by atoms with Crippen molar-refractivity contribution in [2.24, 2.45) is 5.11 Å². The number of azide groups is 1. The van der Waals surface area contributed by atoms with Crippen molar-refractivity contribution in [3.8, 4) is 5.75 Å². The molecule has 0 bridgehead atoms. The molecular weight excluding hydrogens is 222 g/mol. The summed E-state index contributed by atoms with van der Waals surface area (Å²) in [6, 6.07) is 7.03. The fourth-order valence-electron chi connectivity index (χ4n) is 1.21. The molecule has 0 aliphatic carbocycles. The lowest BCUT2D eigenvalue weighted by atomic mass is 10.1. The van der Waals surface area contributed by atoms with Crippen LogP contribution in [0.2, 0.25) is 0 Å². The summed E-state index contributed by atoms with van der Waals surface area (Å²) in [4.78, 5) is 13.9. The molecule has 6 heteroatoms. The van der Waals surface area contributed by atoms with Crippen molar-refractivity contribution in [1.29, 1.82) is 0 Å². The van der Waals surface area contributed by atoms with Crippen molar-refractivity contribution in [1.82, 2.24) is 0 Å². The van der Waals surface area contributed by atoms with Gasteiger partial charge in [-0.15, -0.1) is 0 Å². The molecule has 1 rings (SSSR count). The SMILES string of the molecule is COC(=O)C(=Cc1ccccc1OC)N=[N+]=[N-]. The maximum absolute atomic E-state index is 11.3. The monoisotopic (exact) mass is 233 g/mol. The van der Waals surface area contributed by atoms with Crippen LogP contribution in [0.5, 0.6) is 5.75 Å². The van der Waals surface area contributed by atoms with Crippen molar-refractivity contribution < 1.29 is 14.3 Å². The fourth-order valence-corrected chi connectivity index (χ4v) is 1.21. The number of ether oxygens (including phenoxy) is 2. The largest absolute Gasteiger partial charge is 0.496 e. The van der Waals surface area contributed by atoms with Gasteiger partial charge in [-0.1, -0.05) is 23.3 Å². The number of para-hydroxylation sites is 1. The Labute approximate surface area is 98.1 Å². The van der Waals surface area contributed by atoms with Gasteiger partial charge in [0.2, 0.25) is 0 Å². The van der Waals surface area contributed by atoms with E-state index < -0.39 is 5.97 Å². The Bertz CT molecular complexity index is 490. The van der Waals surface area contributed by atoms with Crippen LogP contribution in [0.4, 0.5) is 0 Å². The summed E-state index contributed by atoms with van der Waals surface area (Å²) in [6.07, 6.45) is 1.41. The molecule has 1 aromatic carbocycles. The van der Waals surface area contributed by atoms with Crippen molar-refractivity contribution in [2.75, 3.05) is 14.2 Å². The molecule has 1 aromatic rings. The first-order valence-corrected chi connectivity index (χ1v) is 4.71. The second-order valence-electron chi connectivity index (χ2n) is 2.95. The predicted molar refractivity (Wildman–Crippen MR) is 62.1 cm³/mol. The first kappa shape index (κ1) is 12.6. The minimum atomic E-state index is -0.700. The van der Waals surface area contributed by atoms with E-state index in [1.54, 1.807) is 24.3 Å². The molecule has 0 N–H and O–H groups in total. The van der Waals surface area contributed by atoms with Crippen LogP contribution in [0.15, 0.2) is 35.1 Å². The minimum absolute atomic E-state index is 0.125. The van der Waals surface area contributed by atoms with Gasteiger partial charge in [0.1, 0.15) is 11.4 Å². The first-order valence-electron chi connectivity index (χ1n) is 4.71. The highest BCUT2D eigenvalue weighted by Crippen LogP contribution is 2.21. The first-order chi connectivity index (χ1) is 8.22. The van der Waals surface area contributed by atoms with Gasteiger partial charge in [0.25, 0.3) is 0 Å². The molecule has 0 aliphatic heterocycles. The zero-order valence-corrected chi connectivity index (χ0v) is 9.45. The van der Waals surface area contributed by atoms with Gasteiger partial charge in [0.15, 0.2) is 0 Å². The number of hydrogen-bond acceptors (Lipinski definition) is 4. The number of esters is 1. The van der Waals surface area contributed by atoms with Crippen LogP contribution in [0.3, 0.4) is 0 Å². The van der Waals surface area contributed by atoms with E-state index in [9.17, 15) is 4.79 Å². The number of nitrogens with zero attached hydrogens (tertiary/aromatic N) is 3. The Hall–Kier alpha value is -2.46. The van der Waals surface area contributed by atoms with E-state index in [0.29, 0.717) is 11.3 Å². The number of rotatable bonds is 4. The second kappa shape index (κ2) is 6.19. The molecule has 0 fully saturated rings. The zero-order chi connectivity index (χ0) is 12.7. The van der Waals surface area contributed by atoms with Gasteiger partial charge in [0.05, 0.1) is 14.2 Å². The summed E-state index contributed by atoms with van der Waals surface area (Å²) in [7, 11) is 2.73. The zero-order valence-electron chi connectivity index (χ0n) is 9.45. The van der Waals surface area contributed by atoms with E-state index in [-0.39, 0.29) is 5.70 Å².